The van der Waals surface area contributed by atoms with Crippen LogP contribution in [0.3, 0.4) is 0 Å². The fourth-order valence-electron chi connectivity index (χ4n) is 3.46. The number of aromatic nitrogens is 1. The molecule has 0 spiro atoms. The van der Waals surface area contributed by atoms with Crippen LogP contribution in [0.25, 0.3) is 0 Å². The number of carbonyl (C=O) groups is 3. The normalized spacial score (nSPS) is 24.5. The third kappa shape index (κ3) is 2.14. The highest BCUT2D eigenvalue weighted by atomic mass is 16.4. The lowest BCUT2D eigenvalue weighted by Gasteiger charge is -2.20. The van der Waals surface area contributed by atoms with E-state index in [-0.39, 0.29) is 18.2 Å². The molecule has 1 saturated heterocycles. The van der Waals surface area contributed by atoms with Crippen molar-refractivity contribution in [1.82, 2.24) is 9.88 Å². The van der Waals surface area contributed by atoms with Crippen molar-refractivity contribution in [2.45, 2.75) is 39.5 Å². The number of aromatic amines is 1. The molecular formula is C16H20N2O4. The van der Waals surface area contributed by atoms with Gasteiger partial charge < -0.3 is 15.0 Å². The SMILES string of the molecule is Cc1c(C(=O)N2CCC(C)(C(=O)O)C2)[nH]c2c1C(=O)CCC2. The second kappa shape index (κ2) is 4.97. The summed E-state index contributed by atoms with van der Waals surface area (Å²) in [6.45, 7) is 4.09. The van der Waals surface area contributed by atoms with E-state index in [9.17, 15) is 19.5 Å². The van der Waals surface area contributed by atoms with Crippen LogP contribution in [0.5, 0.6) is 0 Å². The topological polar surface area (TPSA) is 90.5 Å². The quantitative estimate of drug-likeness (QED) is 0.871. The molecular weight excluding hydrogens is 284 g/mol. The Labute approximate surface area is 128 Å². The van der Waals surface area contributed by atoms with Gasteiger partial charge in [0.05, 0.1) is 5.41 Å². The van der Waals surface area contributed by atoms with Gasteiger partial charge >= 0.3 is 5.97 Å². The molecule has 3 rings (SSSR count). The van der Waals surface area contributed by atoms with Gasteiger partial charge in [0.25, 0.3) is 5.91 Å². The largest absolute Gasteiger partial charge is 0.481 e. The average Bonchev–Trinajstić information content (AvgIpc) is 3.02. The van der Waals surface area contributed by atoms with Gasteiger partial charge in [0, 0.05) is 30.8 Å². The Morgan fingerprint density at radius 2 is 2.05 bits per heavy atom. The molecule has 1 unspecified atom stereocenters. The Balaban J connectivity index is 1.88. The zero-order chi connectivity index (χ0) is 16.1. The number of nitrogens with zero attached hydrogens (tertiary/aromatic N) is 1. The molecule has 0 saturated carbocycles. The zero-order valence-corrected chi connectivity index (χ0v) is 12.9. The van der Waals surface area contributed by atoms with Gasteiger partial charge in [-0.25, -0.2) is 0 Å². The molecule has 118 valence electrons. The number of hydrogen-bond acceptors (Lipinski definition) is 3. The van der Waals surface area contributed by atoms with E-state index in [2.05, 4.69) is 4.98 Å². The number of likely N-dealkylation sites (tertiary alicyclic amines) is 1. The standard InChI is InChI=1S/C16H20N2O4/c1-9-12-10(4-3-5-11(12)19)17-13(9)14(20)18-7-6-16(2,8-18)15(21)22/h17H,3-8H2,1-2H3,(H,21,22). The molecule has 1 fully saturated rings. The Kier molecular flexibility index (Phi) is 3.34. The summed E-state index contributed by atoms with van der Waals surface area (Å²) in [5.41, 5.74) is 1.77. The molecule has 2 N–H and O–H groups in total. The molecule has 22 heavy (non-hydrogen) atoms. The number of carbonyl (C=O) groups excluding carboxylic acids is 2. The van der Waals surface area contributed by atoms with Gasteiger partial charge in [0.2, 0.25) is 0 Å². The number of amides is 1. The summed E-state index contributed by atoms with van der Waals surface area (Å²) in [5, 5.41) is 9.27. The first-order valence-corrected chi connectivity index (χ1v) is 7.61. The van der Waals surface area contributed by atoms with Gasteiger partial charge in [-0.2, -0.15) is 0 Å². The summed E-state index contributed by atoms with van der Waals surface area (Å²) < 4.78 is 0. The number of H-pyrrole nitrogens is 1. The number of aryl methyl sites for hydroxylation is 1. The molecule has 0 radical (unpaired) electrons. The van der Waals surface area contributed by atoms with E-state index in [0.717, 1.165) is 18.5 Å². The molecule has 6 nitrogen and oxygen atoms in total. The fraction of sp³-hybridized carbons (Fsp3) is 0.562. The van der Waals surface area contributed by atoms with Crippen molar-refractivity contribution in [1.29, 1.82) is 0 Å². The Morgan fingerprint density at radius 3 is 2.64 bits per heavy atom. The summed E-state index contributed by atoms with van der Waals surface area (Å²) >= 11 is 0. The second-order valence-corrected chi connectivity index (χ2v) is 6.60. The van der Waals surface area contributed by atoms with E-state index in [0.29, 0.717) is 36.2 Å². The third-order valence-corrected chi connectivity index (χ3v) is 4.93. The van der Waals surface area contributed by atoms with Crippen molar-refractivity contribution >= 4 is 17.7 Å². The second-order valence-electron chi connectivity index (χ2n) is 6.60. The van der Waals surface area contributed by atoms with E-state index in [1.165, 1.54) is 0 Å². The van der Waals surface area contributed by atoms with Crippen LogP contribution in [0.4, 0.5) is 0 Å². The van der Waals surface area contributed by atoms with Crippen molar-refractivity contribution in [2.75, 3.05) is 13.1 Å². The highest BCUT2D eigenvalue weighted by molar-refractivity contribution is 6.04. The molecule has 0 aromatic carbocycles. The molecule has 2 aliphatic rings. The lowest BCUT2D eigenvalue weighted by atomic mass is 9.90. The summed E-state index contributed by atoms with van der Waals surface area (Å²) in [5.74, 6) is -0.990. The number of Topliss-reactive ketones (excluding diaryl/α,β-unsaturated/α-hetero) is 1. The third-order valence-electron chi connectivity index (χ3n) is 4.93. The summed E-state index contributed by atoms with van der Waals surface area (Å²) in [6.07, 6.45) is 2.56. The number of rotatable bonds is 2. The number of aliphatic carboxylic acids is 1. The molecule has 1 atom stereocenters. The number of nitrogens with one attached hydrogen (secondary N) is 1. The molecule has 1 amide bonds. The smallest absolute Gasteiger partial charge is 0.311 e. The van der Waals surface area contributed by atoms with Gasteiger partial charge in [-0.15, -0.1) is 0 Å². The lowest BCUT2D eigenvalue weighted by molar-refractivity contribution is -0.147. The van der Waals surface area contributed by atoms with Gasteiger partial charge in [-0.05, 0) is 38.7 Å². The van der Waals surface area contributed by atoms with E-state index < -0.39 is 11.4 Å². The van der Waals surface area contributed by atoms with Gasteiger partial charge in [-0.3, -0.25) is 14.4 Å². The van der Waals surface area contributed by atoms with Crippen LogP contribution in [0, 0.1) is 12.3 Å². The van der Waals surface area contributed by atoms with Crippen molar-refractivity contribution in [3.63, 3.8) is 0 Å². The number of carboxylic acids is 1. The molecule has 0 bridgehead atoms. The maximum Gasteiger partial charge on any atom is 0.311 e. The first-order chi connectivity index (χ1) is 10.3. The van der Waals surface area contributed by atoms with E-state index in [1.807, 2.05) is 0 Å². The fourth-order valence-corrected chi connectivity index (χ4v) is 3.46. The highest BCUT2D eigenvalue weighted by Gasteiger charge is 2.43. The van der Waals surface area contributed by atoms with Crippen molar-refractivity contribution in [3.05, 3.63) is 22.5 Å². The highest BCUT2D eigenvalue weighted by Crippen LogP contribution is 2.33. The monoisotopic (exact) mass is 304 g/mol. The van der Waals surface area contributed by atoms with Gasteiger partial charge in [0.15, 0.2) is 5.78 Å². The minimum absolute atomic E-state index is 0.0887. The van der Waals surface area contributed by atoms with Gasteiger partial charge in [-0.1, -0.05) is 0 Å². The molecule has 1 aromatic heterocycles. The van der Waals surface area contributed by atoms with Gasteiger partial charge in [0.1, 0.15) is 5.69 Å². The number of ketones is 1. The molecule has 6 heteroatoms. The van der Waals surface area contributed by atoms with E-state index in [1.54, 1.807) is 18.7 Å². The summed E-state index contributed by atoms with van der Waals surface area (Å²) in [7, 11) is 0. The van der Waals surface area contributed by atoms with Crippen LogP contribution < -0.4 is 0 Å². The van der Waals surface area contributed by atoms with Crippen LogP contribution in [0.1, 0.15) is 58.3 Å². The lowest BCUT2D eigenvalue weighted by Crippen LogP contribution is -2.35. The maximum atomic E-state index is 12.7. The molecule has 1 aromatic rings. The Morgan fingerprint density at radius 1 is 1.32 bits per heavy atom. The van der Waals surface area contributed by atoms with Crippen LogP contribution >= 0.6 is 0 Å². The van der Waals surface area contributed by atoms with E-state index in [4.69, 9.17) is 0 Å². The number of carboxylic acid groups (broad SMARTS) is 1. The average molecular weight is 304 g/mol. The van der Waals surface area contributed by atoms with Crippen molar-refractivity contribution in [3.8, 4) is 0 Å². The number of fused-ring (bicyclic) bond motifs is 1. The minimum Gasteiger partial charge on any atom is -0.481 e. The first kappa shape index (κ1) is 14.8. The first-order valence-electron chi connectivity index (χ1n) is 7.61. The molecule has 1 aliphatic heterocycles. The Hall–Kier alpha value is -2.11. The Bertz CT molecular complexity index is 676. The van der Waals surface area contributed by atoms with Crippen molar-refractivity contribution < 1.29 is 19.5 Å². The van der Waals surface area contributed by atoms with Crippen LogP contribution in [-0.4, -0.2) is 45.7 Å². The summed E-state index contributed by atoms with van der Waals surface area (Å²) in [6, 6.07) is 0. The van der Waals surface area contributed by atoms with Crippen LogP contribution in [0.2, 0.25) is 0 Å². The predicted octanol–water partition coefficient (Wildman–Crippen LogP) is 1.78. The summed E-state index contributed by atoms with van der Waals surface area (Å²) in [4.78, 5) is 40.7. The molecule has 2 heterocycles. The van der Waals surface area contributed by atoms with Crippen LogP contribution in [-0.2, 0) is 11.2 Å². The van der Waals surface area contributed by atoms with Crippen molar-refractivity contribution in [2.24, 2.45) is 5.41 Å². The zero-order valence-electron chi connectivity index (χ0n) is 12.9. The molecule has 1 aliphatic carbocycles. The van der Waals surface area contributed by atoms with E-state index >= 15 is 0 Å². The minimum atomic E-state index is -0.883. The van der Waals surface area contributed by atoms with Crippen LogP contribution in [0.15, 0.2) is 0 Å². The number of hydrogen-bond donors (Lipinski definition) is 2. The maximum absolute atomic E-state index is 12.7. The predicted molar refractivity (Wildman–Crippen MR) is 79.1 cm³/mol.